The fourth-order valence-corrected chi connectivity index (χ4v) is 2.08. The van der Waals surface area contributed by atoms with Crippen molar-refractivity contribution in [2.24, 2.45) is 0 Å². The van der Waals surface area contributed by atoms with E-state index in [2.05, 4.69) is 26.0 Å². The first-order chi connectivity index (χ1) is 7.67. The highest BCUT2D eigenvalue weighted by Gasteiger charge is 2.13. The van der Waals surface area contributed by atoms with Gasteiger partial charge in [-0.2, -0.15) is 10.5 Å². The molecule has 0 amide bonds. The normalized spacial score (nSPS) is 9.88. The zero-order valence-corrected chi connectivity index (χ0v) is 10.0. The Morgan fingerprint density at radius 3 is 2.00 bits per heavy atom. The minimum absolute atomic E-state index is 0.481. The van der Waals surface area contributed by atoms with Crippen molar-refractivity contribution in [3.05, 3.63) is 34.4 Å². The summed E-state index contributed by atoms with van der Waals surface area (Å²) in [6.45, 7) is 6.31. The molecule has 0 atom stereocenters. The van der Waals surface area contributed by atoms with Crippen LogP contribution in [0.25, 0.3) is 0 Å². The molecule has 0 aromatic heterocycles. The van der Waals surface area contributed by atoms with E-state index in [1.54, 1.807) is 0 Å². The van der Waals surface area contributed by atoms with E-state index in [-0.39, 0.29) is 0 Å². The van der Waals surface area contributed by atoms with Gasteiger partial charge in [-0.1, -0.05) is 13.8 Å². The second-order valence-corrected chi connectivity index (χ2v) is 3.99. The lowest BCUT2D eigenvalue weighted by molar-refractivity contribution is 0.638. The van der Waals surface area contributed by atoms with Crippen molar-refractivity contribution in [1.29, 1.82) is 10.5 Å². The van der Waals surface area contributed by atoms with Crippen LogP contribution in [0, 0.1) is 29.6 Å². The van der Waals surface area contributed by atoms with Gasteiger partial charge in [-0.15, -0.1) is 0 Å². The van der Waals surface area contributed by atoms with Crippen LogP contribution in [0.3, 0.4) is 0 Å². The highest BCUT2D eigenvalue weighted by atomic mass is 14.3. The van der Waals surface area contributed by atoms with Crippen LogP contribution in [0.5, 0.6) is 0 Å². The summed E-state index contributed by atoms with van der Waals surface area (Å²) >= 11 is 0. The van der Waals surface area contributed by atoms with Crippen molar-refractivity contribution in [3.63, 3.8) is 0 Å². The number of rotatable bonds is 3. The van der Waals surface area contributed by atoms with Gasteiger partial charge in [0.1, 0.15) is 12.1 Å². The second-order valence-electron chi connectivity index (χ2n) is 3.99. The first kappa shape index (κ1) is 12.3. The monoisotopic (exact) mass is 212 g/mol. The molecule has 1 aromatic rings. The van der Waals surface area contributed by atoms with Crippen molar-refractivity contribution >= 4 is 0 Å². The number of nitriles is 2. The first-order valence-electron chi connectivity index (χ1n) is 5.62. The SMILES string of the molecule is CCC(CC)c1cc(C#N)c(C#N)cc1C. The Balaban J connectivity index is 3.34. The van der Waals surface area contributed by atoms with Gasteiger partial charge in [-0.25, -0.2) is 0 Å². The van der Waals surface area contributed by atoms with Crippen molar-refractivity contribution in [2.45, 2.75) is 39.5 Å². The number of aryl methyl sites for hydroxylation is 1. The molecule has 0 unspecified atom stereocenters. The summed E-state index contributed by atoms with van der Waals surface area (Å²) in [7, 11) is 0. The molecule has 0 bridgehead atoms. The third-order valence-electron chi connectivity index (χ3n) is 3.07. The van der Waals surface area contributed by atoms with Crippen molar-refractivity contribution in [1.82, 2.24) is 0 Å². The highest BCUT2D eigenvalue weighted by Crippen LogP contribution is 2.28. The molecule has 0 fully saturated rings. The molecule has 1 aromatic carbocycles. The molecule has 0 saturated heterocycles. The van der Waals surface area contributed by atoms with E-state index in [1.165, 1.54) is 5.56 Å². The van der Waals surface area contributed by atoms with Gasteiger partial charge in [0.25, 0.3) is 0 Å². The molecular formula is C14H16N2. The van der Waals surface area contributed by atoms with E-state index in [4.69, 9.17) is 10.5 Å². The minimum Gasteiger partial charge on any atom is -0.192 e. The van der Waals surface area contributed by atoms with Gasteiger partial charge in [0, 0.05) is 0 Å². The molecule has 82 valence electrons. The number of benzene rings is 1. The van der Waals surface area contributed by atoms with Crippen LogP contribution in [0.1, 0.15) is 54.9 Å². The molecule has 0 N–H and O–H groups in total. The van der Waals surface area contributed by atoms with E-state index in [0.717, 1.165) is 18.4 Å². The molecule has 0 aliphatic carbocycles. The molecule has 0 spiro atoms. The molecule has 16 heavy (non-hydrogen) atoms. The van der Waals surface area contributed by atoms with Gasteiger partial charge in [-0.3, -0.25) is 0 Å². The van der Waals surface area contributed by atoms with Crippen LogP contribution in [-0.2, 0) is 0 Å². The lowest BCUT2D eigenvalue weighted by atomic mass is 9.88. The van der Waals surface area contributed by atoms with Crippen molar-refractivity contribution in [2.75, 3.05) is 0 Å². The molecule has 2 nitrogen and oxygen atoms in total. The Bertz CT molecular complexity index is 457. The summed E-state index contributed by atoms with van der Waals surface area (Å²) < 4.78 is 0. The van der Waals surface area contributed by atoms with Gasteiger partial charge in [0.15, 0.2) is 0 Å². The molecule has 1 rings (SSSR count). The van der Waals surface area contributed by atoms with Crippen LogP contribution in [0.15, 0.2) is 12.1 Å². The maximum Gasteiger partial charge on any atom is 0.101 e. The van der Waals surface area contributed by atoms with E-state index in [1.807, 2.05) is 19.1 Å². The summed E-state index contributed by atoms with van der Waals surface area (Å²) in [6, 6.07) is 7.87. The van der Waals surface area contributed by atoms with Crippen LogP contribution >= 0.6 is 0 Å². The molecule has 0 radical (unpaired) electrons. The van der Waals surface area contributed by atoms with Gasteiger partial charge in [0.2, 0.25) is 0 Å². The highest BCUT2D eigenvalue weighted by molar-refractivity contribution is 5.51. The fourth-order valence-electron chi connectivity index (χ4n) is 2.08. The third kappa shape index (κ3) is 2.23. The Labute approximate surface area is 97.1 Å². The summed E-state index contributed by atoms with van der Waals surface area (Å²) in [4.78, 5) is 0. The molecule has 0 aliphatic heterocycles. The lowest BCUT2D eigenvalue weighted by Gasteiger charge is -2.16. The van der Waals surface area contributed by atoms with E-state index in [0.29, 0.717) is 17.0 Å². The predicted molar refractivity (Wildman–Crippen MR) is 63.9 cm³/mol. The maximum atomic E-state index is 8.99. The largest absolute Gasteiger partial charge is 0.192 e. The summed E-state index contributed by atoms with van der Waals surface area (Å²) in [5.74, 6) is 0.486. The average Bonchev–Trinajstić information content (AvgIpc) is 2.32. The fraction of sp³-hybridized carbons (Fsp3) is 0.429. The average molecular weight is 212 g/mol. The smallest absolute Gasteiger partial charge is 0.101 e. The summed E-state index contributed by atoms with van der Waals surface area (Å²) in [5.41, 5.74) is 3.30. The number of hydrogen-bond donors (Lipinski definition) is 0. The molecule has 2 heteroatoms. The van der Waals surface area contributed by atoms with Gasteiger partial charge in [0.05, 0.1) is 11.1 Å². The Hall–Kier alpha value is -1.80. The van der Waals surface area contributed by atoms with Crippen molar-refractivity contribution < 1.29 is 0 Å². The molecular weight excluding hydrogens is 196 g/mol. The van der Waals surface area contributed by atoms with Gasteiger partial charge in [-0.05, 0) is 48.9 Å². The van der Waals surface area contributed by atoms with Crippen molar-refractivity contribution in [3.8, 4) is 12.1 Å². The topological polar surface area (TPSA) is 47.6 Å². The zero-order chi connectivity index (χ0) is 12.1. The Morgan fingerprint density at radius 1 is 1.06 bits per heavy atom. The van der Waals surface area contributed by atoms with Crippen LogP contribution in [0.2, 0.25) is 0 Å². The Kier molecular flexibility index (Phi) is 4.09. The second kappa shape index (κ2) is 5.33. The molecule has 0 saturated carbocycles. The number of nitrogens with zero attached hydrogens (tertiary/aromatic N) is 2. The van der Waals surface area contributed by atoms with E-state index >= 15 is 0 Å². The minimum atomic E-state index is 0.481. The lowest BCUT2D eigenvalue weighted by Crippen LogP contribution is -2.01. The number of hydrogen-bond acceptors (Lipinski definition) is 2. The summed E-state index contributed by atoms with van der Waals surface area (Å²) in [6.07, 6.45) is 2.13. The zero-order valence-electron chi connectivity index (χ0n) is 10.0. The third-order valence-corrected chi connectivity index (χ3v) is 3.07. The summed E-state index contributed by atoms with van der Waals surface area (Å²) in [5, 5.41) is 17.9. The molecule has 0 heterocycles. The van der Waals surface area contributed by atoms with Crippen LogP contribution in [0.4, 0.5) is 0 Å². The standard InChI is InChI=1S/C14H16N2/c1-4-11(5-2)14-7-13(9-16)12(8-15)6-10(14)3/h6-7,11H,4-5H2,1-3H3. The quantitative estimate of drug-likeness (QED) is 0.767. The van der Waals surface area contributed by atoms with Gasteiger partial charge < -0.3 is 0 Å². The van der Waals surface area contributed by atoms with Crippen LogP contribution < -0.4 is 0 Å². The van der Waals surface area contributed by atoms with E-state index in [9.17, 15) is 0 Å². The predicted octanol–water partition coefficient (Wildman–Crippen LogP) is 3.64. The van der Waals surface area contributed by atoms with Gasteiger partial charge >= 0.3 is 0 Å². The van der Waals surface area contributed by atoms with E-state index < -0.39 is 0 Å². The first-order valence-corrected chi connectivity index (χ1v) is 5.62. The van der Waals surface area contributed by atoms with Crippen LogP contribution in [-0.4, -0.2) is 0 Å². The Morgan fingerprint density at radius 2 is 1.56 bits per heavy atom. The molecule has 0 aliphatic rings. The maximum absolute atomic E-state index is 8.99.